The minimum absolute atomic E-state index is 0.0257. The standard InChI is InChI=1S/C25H33ClN6O3/c1-15(33)31-12-16(6-17(13-31)24(35)30(4)5)7-23(34)29-22-8-18(20(26)11-27-22)19-10-28-32-14-25(2,3)9-21(19)32/h8,10-11,16-17H,6-7,9,12-14H2,1-5H3,(H,27,29,34)/t16-,17-/m1/s1. The molecule has 35 heavy (non-hydrogen) atoms. The second-order valence-corrected chi connectivity index (χ2v) is 11.2. The fraction of sp³-hybridized carbons (Fsp3) is 0.560. The van der Waals surface area contributed by atoms with Gasteiger partial charge in [-0.2, -0.15) is 5.10 Å². The average molecular weight is 501 g/mol. The van der Waals surface area contributed by atoms with E-state index in [2.05, 4.69) is 29.2 Å². The number of halogens is 1. The summed E-state index contributed by atoms with van der Waals surface area (Å²) in [7, 11) is 3.41. The zero-order valence-electron chi connectivity index (χ0n) is 21.0. The number of hydrogen-bond donors (Lipinski definition) is 1. The van der Waals surface area contributed by atoms with Crippen LogP contribution in [0.15, 0.2) is 18.5 Å². The van der Waals surface area contributed by atoms with E-state index >= 15 is 0 Å². The first-order valence-electron chi connectivity index (χ1n) is 11.9. The van der Waals surface area contributed by atoms with Gasteiger partial charge >= 0.3 is 0 Å². The molecule has 4 rings (SSSR count). The number of fused-ring (bicyclic) bond motifs is 1. The van der Waals surface area contributed by atoms with E-state index in [-0.39, 0.29) is 41.4 Å². The summed E-state index contributed by atoms with van der Waals surface area (Å²) in [6, 6.07) is 1.78. The first kappa shape index (κ1) is 25.2. The number of nitrogens with one attached hydrogen (secondary N) is 1. The highest BCUT2D eigenvalue weighted by atomic mass is 35.5. The van der Waals surface area contributed by atoms with Crippen LogP contribution in [0.25, 0.3) is 11.1 Å². The van der Waals surface area contributed by atoms with Gasteiger partial charge in [0.05, 0.1) is 17.1 Å². The van der Waals surface area contributed by atoms with E-state index in [1.165, 1.54) is 6.92 Å². The van der Waals surface area contributed by atoms with E-state index in [0.29, 0.717) is 30.4 Å². The molecule has 1 fully saturated rings. The largest absolute Gasteiger partial charge is 0.349 e. The second-order valence-electron chi connectivity index (χ2n) is 10.8. The van der Waals surface area contributed by atoms with Gasteiger partial charge in [0.1, 0.15) is 5.82 Å². The van der Waals surface area contributed by atoms with Crippen molar-refractivity contribution in [3.05, 3.63) is 29.2 Å². The average Bonchev–Trinajstić information content (AvgIpc) is 3.29. The number of nitrogens with zero attached hydrogens (tertiary/aromatic N) is 5. The fourth-order valence-electron chi connectivity index (χ4n) is 5.20. The van der Waals surface area contributed by atoms with Crippen molar-refractivity contribution < 1.29 is 14.4 Å². The highest BCUT2D eigenvalue weighted by Gasteiger charge is 2.35. The number of amides is 3. The van der Waals surface area contributed by atoms with Gasteiger partial charge in [0.15, 0.2) is 0 Å². The maximum atomic E-state index is 12.9. The van der Waals surface area contributed by atoms with Crippen LogP contribution in [0.4, 0.5) is 5.82 Å². The van der Waals surface area contributed by atoms with Crippen molar-refractivity contribution in [1.29, 1.82) is 0 Å². The molecule has 9 nitrogen and oxygen atoms in total. The number of carbonyl (C=O) groups is 3. The SMILES string of the molecule is CC(=O)N1C[C@@H](CC(=O)Nc2cc(-c3cnn4c3CC(C)(C)C4)c(Cl)cn2)C[C@@H](C(=O)N(C)C)C1. The summed E-state index contributed by atoms with van der Waals surface area (Å²) in [6.45, 7) is 7.61. The number of rotatable bonds is 5. The van der Waals surface area contributed by atoms with E-state index in [1.807, 2.05) is 10.9 Å². The summed E-state index contributed by atoms with van der Waals surface area (Å²) in [4.78, 5) is 45.0. The van der Waals surface area contributed by atoms with Gasteiger partial charge in [-0.15, -0.1) is 0 Å². The highest BCUT2D eigenvalue weighted by molar-refractivity contribution is 6.33. The van der Waals surface area contributed by atoms with Crippen LogP contribution in [-0.4, -0.2) is 69.5 Å². The number of hydrogen-bond acceptors (Lipinski definition) is 5. The molecule has 188 valence electrons. The van der Waals surface area contributed by atoms with Crippen LogP contribution in [0.5, 0.6) is 0 Å². The first-order valence-corrected chi connectivity index (χ1v) is 12.3. The van der Waals surface area contributed by atoms with Gasteiger partial charge < -0.3 is 15.1 Å². The summed E-state index contributed by atoms with van der Waals surface area (Å²) in [5.74, 6) is -0.343. The Morgan fingerprint density at radius 2 is 1.94 bits per heavy atom. The monoisotopic (exact) mass is 500 g/mol. The molecular weight excluding hydrogens is 468 g/mol. The predicted molar refractivity (Wildman–Crippen MR) is 134 cm³/mol. The molecule has 0 bridgehead atoms. The van der Waals surface area contributed by atoms with E-state index in [0.717, 1.165) is 29.8 Å². The van der Waals surface area contributed by atoms with Crippen molar-refractivity contribution in [2.45, 2.75) is 46.6 Å². The Kier molecular flexibility index (Phi) is 6.90. The third-order valence-electron chi connectivity index (χ3n) is 6.83. The molecule has 2 aliphatic heterocycles. The molecule has 0 radical (unpaired) electrons. The van der Waals surface area contributed by atoms with Crippen molar-refractivity contribution >= 4 is 35.1 Å². The normalized spacial score (nSPS) is 20.9. The van der Waals surface area contributed by atoms with Crippen molar-refractivity contribution in [3.8, 4) is 11.1 Å². The third-order valence-corrected chi connectivity index (χ3v) is 7.13. The summed E-state index contributed by atoms with van der Waals surface area (Å²) >= 11 is 6.48. The molecule has 3 amide bonds. The van der Waals surface area contributed by atoms with Gasteiger partial charge in [-0.1, -0.05) is 25.4 Å². The molecule has 1 N–H and O–H groups in total. The molecule has 0 aromatic carbocycles. The first-order chi connectivity index (χ1) is 16.4. The van der Waals surface area contributed by atoms with Crippen molar-refractivity contribution in [2.24, 2.45) is 17.3 Å². The smallest absolute Gasteiger partial charge is 0.226 e. The zero-order valence-corrected chi connectivity index (χ0v) is 21.7. The molecule has 0 saturated carbocycles. The number of piperidine rings is 1. The number of likely N-dealkylation sites (tertiary alicyclic amines) is 1. The number of pyridine rings is 1. The Labute approximate surface area is 210 Å². The molecule has 0 aliphatic carbocycles. The van der Waals surface area contributed by atoms with Crippen LogP contribution in [0.1, 0.15) is 39.3 Å². The lowest BCUT2D eigenvalue weighted by atomic mass is 9.86. The minimum atomic E-state index is -0.311. The van der Waals surface area contributed by atoms with Gasteiger partial charge in [-0.3, -0.25) is 19.1 Å². The summed E-state index contributed by atoms with van der Waals surface area (Å²) in [6.07, 6.45) is 5.01. The molecule has 10 heteroatoms. The Morgan fingerprint density at radius 3 is 2.63 bits per heavy atom. The second kappa shape index (κ2) is 9.60. The van der Waals surface area contributed by atoms with Gasteiger partial charge in [0.25, 0.3) is 0 Å². The molecule has 2 aliphatic rings. The van der Waals surface area contributed by atoms with Gasteiger partial charge in [-0.25, -0.2) is 4.98 Å². The fourth-order valence-corrected chi connectivity index (χ4v) is 5.40. The van der Waals surface area contributed by atoms with Crippen LogP contribution in [0.2, 0.25) is 5.02 Å². The van der Waals surface area contributed by atoms with Gasteiger partial charge in [-0.05, 0) is 30.2 Å². The van der Waals surface area contributed by atoms with E-state index in [4.69, 9.17) is 11.6 Å². The lowest BCUT2D eigenvalue weighted by Crippen LogP contribution is -2.48. The van der Waals surface area contributed by atoms with Crippen molar-refractivity contribution in [2.75, 3.05) is 32.5 Å². The Hall–Kier alpha value is -2.94. The Bertz CT molecular complexity index is 1160. The van der Waals surface area contributed by atoms with E-state index < -0.39 is 0 Å². The van der Waals surface area contributed by atoms with Crippen molar-refractivity contribution in [3.63, 3.8) is 0 Å². The summed E-state index contributed by atoms with van der Waals surface area (Å²) in [5.41, 5.74) is 3.00. The molecule has 2 aromatic rings. The molecule has 4 heterocycles. The van der Waals surface area contributed by atoms with Gasteiger partial charge in [0.2, 0.25) is 17.7 Å². The lowest BCUT2D eigenvalue weighted by Gasteiger charge is -2.37. The Balaban J connectivity index is 1.47. The van der Waals surface area contributed by atoms with Crippen molar-refractivity contribution in [1.82, 2.24) is 24.6 Å². The molecule has 2 atom stereocenters. The van der Waals surface area contributed by atoms with E-state index in [1.54, 1.807) is 36.2 Å². The molecule has 0 unspecified atom stereocenters. The summed E-state index contributed by atoms with van der Waals surface area (Å²) < 4.78 is 2.01. The maximum Gasteiger partial charge on any atom is 0.226 e. The topological polar surface area (TPSA) is 100 Å². The van der Waals surface area contributed by atoms with E-state index in [9.17, 15) is 14.4 Å². The Morgan fingerprint density at radius 1 is 1.20 bits per heavy atom. The minimum Gasteiger partial charge on any atom is -0.349 e. The number of aromatic nitrogens is 3. The lowest BCUT2D eigenvalue weighted by molar-refractivity contribution is -0.140. The van der Waals surface area contributed by atoms with Gasteiger partial charge in [0, 0.05) is 70.1 Å². The zero-order chi connectivity index (χ0) is 25.5. The van der Waals surface area contributed by atoms with Crippen LogP contribution in [0.3, 0.4) is 0 Å². The number of anilines is 1. The molecule has 1 saturated heterocycles. The summed E-state index contributed by atoms with van der Waals surface area (Å²) in [5, 5.41) is 7.90. The highest BCUT2D eigenvalue weighted by Crippen LogP contribution is 2.39. The van der Waals surface area contributed by atoms with Crippen LogP contribution >= 0.6 is 11.6 Å². The van der Waals surface area contributed by atoms with Crippen LogP contribution < -0.4 is 5.32 Å². The number of carbonyl (C=O) groups excluding carboxylic acids is 3. The van der Waals surface area contributed by atoms with Crippen LogP contribution in [0, 0.1) is 17.3 Å². The van der Waals surface area contributed by atoms with Crippen LogP contribution in [-0.2, 0) is 27.3 Å². The molecular formula is C25H33ClN6O3. The third kappa shape index (κ3) is 5.50. The quantitative estimate of drug-likeness (QED) is 0.680. The predicted octanol–water partition coefficient (Wildman–Crippen LogP) is 3.08. The molecule has 2 aromatic heterocycles. The maximum absolute atomic E-state index is 12.9. The molecule has 0 spiro atoms.